The van der Waals surface area contributed by atoms with Crippen molar-refractivity contribution < 1.29 is 39.7 Å². The van der Waals surface area contributed by atoms with Crippen LogP contribution in [0.15, 0.2) is 0 Å². The Morgan fingerprint density at radius 3 is 1.79 bits per heavy atom. The van der Waals surface area contributed by atoms with Crippen LogP contribution in [0.2, 0.25) is 0 Å². The van der Waals surface area contributed by atoms with Crippen LogP contribution >= 0.6 is 8.16 Å². The van der Waals surface area contributed by atoms with Crippen molar-refractivity contribution in [3.8, 4) is 0 Å². The van der Waals surface area contributed by atoms with Gasteiger partial charge in [0.05, 0.1) is 26.1 Å². The number of carbonyl (C=O) groups excluding carboxylic acids is 1. The number of esters is 1. The summed E-state index contributed by atoms with van der Waals surface area (Å²) in [7, 11) is -4.17. The molecule has 0 aromatic rings. The zero-order chi connectivity index (χ0) is 19.0. The molecule has 0 heterocycles. The van der Waals surface area contributed by atoms with E-state index in [1.807, 2.05) is 20.8 Å². The number of ether oxygens (including phenoxy) is 1. The molecular weight excluding hydrogens is 359 g/mol. The maximum atomic E-state index is 11.8. The number of likely N-dealkylation sites (N-methyl/N-ethyl adjacent to an activating group) is 1. The third-order valence-corrected chi connectivity index (χ3v) is 3.48. The molecule has 0 aliphatic rings. The Morgan fingerprint density at radius 1 is 1.04 bits per heavy atom. The van der Waals surface area contributed by atoms with Gasteiger partial charge in [0.2, 0.25) is 0 Å². The van der Waals surface area contributed by atoms with Crippen molar-refractivity contribution >= 4 is 14.1 Å². The summed E-state index contributed by atoms with van der Waals surface area (Å²) < 4.78 is 55.5. The molecule has 24 heavy (non-hydrogen) atoms. The van der Waals surface area contributed by atoms with Gasteiger partial charge in [0.25, 0.3) is 0 Å². The summed E-state index contributed by atoms with van der Waals surface area (Å²) in [4.78, 5) is 11.8. The van der Waals surface area contributed by atoms with E-state index in [4.69, 9.17) is 4.74 Å². The first kappa shape index (κ1) is 28.3. The number of nitrogens with zero attached hydrogens (tertiary/aromatic N) is 1. The average Bonchev–Trinajstić information content (AvgIpc) is 2.33. The maximum absolute atomic E-state index is 11.8. The Kier molecular flexibility index (Phi) is 12.3. The molecule has 0 saturated heterocycles. The first-order valence-corrected chi connectivity index (χ1v) is 9.28. The summed E-state index contributed by atoms with van der Waals surface area (Å²) >= 11 is 0. The van der Waals surface area contributed by atoms with Crippen LogP contribution in [0.25, 0.3) is 0 Å². The van der Waals surface area contributed by atoms with Gasteiger partial charge in [0, 0.05) is 0 Å². The predicted molar refractivity (Wildman–Crippen MR) is 84.2 cm³/mol. The van der Waals surface area contributed by atoms with E-state index in [1.165, 1.54) is 12.8 Å². The average molecular weight is 389 g/mol. The molecule has 0 spiro atoms. The van der Waals surface area contributed by atoms with Gasteiger partial charge in [-0.2, -0.15) is 0 Å². The fourth-order valence-electron chi connectivity index (χ4n) is 1.42. The van der Waals surface area contributed by atoms with Gasteiger partial charge in [-0.3, -0.25) is 4.79 Å². The second kappa shape index (κ2) is 10.4. The van der Waals surface area contributed by atoms with E-state index in [-0.39, 0.29) is 16.1 Å². The van der Waals surface area contributed by atoms with Crippen molar-refractivity contribution in [2.75, 3.05) is 33.8 Å². The third-order valence-electron chi connectivity index (χ3n) is 3.48. The monoisotopic (exact) mass is 389 g/mol. The van der Waals surface area contributed by atoms with Crippen molar-refractivity contribution in [3.05, 3.63) is 0 Å². The molecule has 0 aromatic carbocycles. The molecule has 0 saturated carbocycles. The number of halogens is 6. The van der Waals surface area contributed by atoms with E-state index in [0.717, 1.165) is 24.0 Å². The first-order chi connectivity index (χ1) is 9.99. The fraction of sp³-hybridized carbons (Fsp3) is 0.929. The number of rotatable bonds is 8. The van der Waals surface area contributed by atoms with Gasteiger partial charge in [-0.15, -0.1) is 0 Å². The van der Waals surface area contributed by atoms with Gasteiger partial charge in [-0.05, 0) is 26.7 Å². The summed E-state index contributed by atoms with van der Waals surface area (Å²) in [6.45, 7) is 10.7. The molecule has 0 bridgehead atoms. The second-order valence-electron chi connectivity index (χ2n) is 6.75. The van der Waals surface area contributed by atoms with Gasteiger partial charge >= 0.3 is 35.1 Å². The molecule has 0 aromatic heterocycles. The Morgan fingerprint density at radius 2 is 1.46 bits per heavy atom. The molecule has 0 amide bonds. The summed E-state index contributed by atoms with van der Waals surface area (Å²) in [5.74, 6) is -0.0736. The largest absolute Gasteiger partial charge is 1.00 e. The maximum Gasteiger partial charge on any atom is -1.00 e. The Hall–Kier alpha value is -0.560. The van der Waals surface area contributed by atoms with Crippen LogP contribution in [0.3, 0.4) is 0 Å². The fourth-order valence-corrected chi connectivity index (χ4v) is 1.42. The SMILES string of the molecule is CCCC[N+](C)(C)CCOC(=O)C(C)(C)CC.FP(F)(F)(F)F.[F-]. The van der Waals surface area contributed by atoms with Crippen LogP contribution in [0.5, 0.6) is 0 Å². The van der Waals surface area contributed by atoms with E-state index in [1.54, 1.807) is 0 Å². The van der Waals surface area contributed by atoms with Gasteiger partial charge in [-0.1, -0.05) is 20.3 Å². The van der Waals surface area contributed by atoms with Crippen LogP contribution in [0.1, 0.15) is 47.0 Å². The smallest absolute Gasteiger partial charge is 1.00 e. The normalized spacial score (nSPS) is 13.7. The quantitative estimate of drug-likeness (QED) is 0.276. The van der Waals surface area contributed by atoms with Crippen LogP contribution in [-0.4, -0.2) is 44.2 Å². The topological polar surface area (TPSA) is 26.3 Å². The van der Waals surface area contributed by atoms with Gasteiger partial charge < -0.3 is 13.9 Å². The van der Waals surface area contributed by atoms with Crippen LogP contribution in [0, 0.1) is 5.41 Å². The second-order valence-corrected chi connectivity index (χ2v) is 8.03. The molecule has 0 atom stereocenters. The molecular formula is C14H30F6NO2P. The third kappa shape index (κ3) is 21.4. The molecule has 0 N–H and O–H groups in total. The van der Waals surface area contributed by atoms with Crippen molar-refractivity contribution in [2.45, 2.75) is 47.0 Å². The molecule has 0 unspecified atom stereocenters. The van der Waals surface area contributed by atoms with Crippen LogP contribution in [-0.2, 0) is 9.53 Å². The van der Waals surface area contributed by atoms with E-state index < -0.39 is 8.16 Å². The number of unbranched alkanes of at least 4 members (excludes halogenated alkanes) is 1. The molecule has 150 valence electrons. The Labute approximate surface area is 141 Å². The van der Waals surface area contributed by atoms with E-state index in [9.17, 15) is 25.8 Å². The van der Waals surface area contributed by atoms with Crippen molar-refractivity contribution in [1.82, 2.24) is 0 Å². The minimum Gasteiger partial charge on any atom is -1.00 e. The van der Waals surface area contributed by atoms with Crippen LogP contribution < -0.4 is 4.70 Å². The predicted octanol–water partition coefficient (Wildman–Crippen LogP) is 2.81. The first-order valence-electron chi connectivity index (χ1n) is 7.59. The number of quaternary nitrogens is 1. The minimum absolute atomic E-state index is 0. The summed E-state index contributed by atoms with van der Waals surface area (Å²) in [5.41, 5.74) is -0.347. The van der Waals surface area contributed by atoms with Crippen molar-refractivity contribution in [3.63, 3.8) is 0 Å². The molecule has 0 aliphatic carbocycles. The van der Waals surface area contributed by atoms with Crippen molar-refractivity contribution in [1.29, 1.82) is 0 Å². The molecule has 10 heteroatoms. The summed E-state index contributed by atoms with van der Waals surface area (Å²) in [6.07, 6.45) is 3.26. The van der Waals surface area contributed by atoms with Gasteiger partial charge in [-0.25, -0.2) is 0 Å². The zero-order valence-corrected chi connectivity index (χ0v) is 16.1. The summed E-state index contributed by atoms with van der Waals surface area (Å²) in [6, 6.07) is 0. The number of hydrogen-bond donors (Lipinski definition) is 0. The minimum atomic E-state index is -8.55. The number of hydrogen-bond acceptors (Lipinski definition) is 2. The molecule has 0 radical (unpaired) electrons. The molecule has 3 nitrogen and oxygen atoms in total. The molecule has 0 fully saturated rings. The van der Waals surface area contributed by atoms with Crippen molar-refractivity contribution in [2.24, 2.45) is 5.41 Å². The van der Waals surface area contributed by atoms with E-state index in [0.29, 0.717) is 6.61 Å². The van der Waals surface area contributed by atoms with E-state index >= 15 is 0 Å². The Balaban J connectivity index is -0.000000538. The number of carbonyl (C=O) groups is 1. The summed E-state index contributed by atoms with van der Waals surface area (Å²) in [5, 5.41) is 0. The van der Waals surface area contributed by atoms with Gasteiger partial charge in [0.15, 0.2) is 0 Å². The standard InChI is InChI=1S/C14H30NO2.F5P.FH/c1-7-9-10-15(5,6)11-12-17-13(16)14(3,4)8-2;1-6(2,3,4)5;/h7-12H2,1-6H3;;1H/q+1;;/p-1. The molecule has 0 rings (SSSR count). The van der Waals surface area contributed by atoms with Crippen LogP contribution in [0.4, 0.5) is 21.0 Å². The van der Waals surface area contributed by atoms with E-state index in [2.05, 4.69) is 21.0 Å². The molecule has 0 aliphatic heterocycles. The zero-order valence-electron chi connectivity index (χ0n) is 15.2. The van der Waals surface area contributed by atoms with Gasteiger partial charge in [0.1, 0.15) is 13.2 Å². The Bertz CT molecular complexity index is 353.